The van der Waals surface area contributed by atoms with E-state index in [-0.39, 0.29) is 10.7 Å². The highest BCUT2D eigenvalue weighted by atomic mass is 32.2. The fourth-order valence-electron chi connectivity index (χ4n) is 4.31. The highest BCUT2D eigenvalue weighted by molar-refractivity contribution is 7.90. The van der Waals surface area contributed by atoms with E-state index in [0.717, 1.165) is 22.5 Å². The van der Waals surface area contributed by atoms with Gasteiger partial charge in [-0.3, -0.25) is 9.69 Å². The second-order valence-electron chi connectivity index (χ2n) is 8.80. The molecule has 1 saturated heterocycles. The van der Waals surface area contributed by atoms with E-state index in [1.165, 1.54) is 29.9 Å². The number of benzene rings is 1. The summed E-state index contributed by atoms with van der Waals surface area (Å²) in [5.74, 6) is 0.0878. The molecule has 0 atom stereocenters. The maximum absolute atomic E-state index is 12.9. The Hall–Kier alpha value is -2.65. The number of carbonyl (C=O) groups excluding carboxylic acids is 2. The predicted molar refractivity (Wildman–Crippen MR) is 121 cm³/mol. The van der Waals surface area contributed by atoms with Crippen LogP contribution in [0.1, 0.15) is 46.2 Å². The molecular weight excluding hydrogens is 428 g/mol. The van der Waals surface area contributed by atoms with Gasteiger partial charge in [0.2, 0.25) is 0 Å². The van der Waals surface area contributed by atoms with Gasteiger partial charge in [-0.15, -0.1) is 0 Å². The third kappa shape index (κ3) is 4.73. The van der Waals surface area contributed by atoms with Gasteiger partial charge in [-0.05, 0) is 51.8 Å². The molecule has 2 fully saturated rings. The van der Waals surface area contributed by atoms with E-state index >= 15 is 0 Å². The van der Waals surface area contributed by atoms with E-state index in [1.54, 1.807) is 12.1 Å². The summed E-state index contributed by atoms with van der Waals surface area (Å²) in [6.45, 7) is 7.99. The van der Waals surface area contributed by atoms with Gasteiger partial charge < -0.3 is 9.47 Å². The van der Waals surface area contributed by atoms with E-state index in [2.05, 4.69) is 9.29 Å². The molecule has 0 spiro atoms. The van der Waals surface area contributed by atoms with Gasteiger partial charge in [0, 0.05) is 49.2 Å². The van der Waals surface area contributed by atoms with Crippen LogP contribution in [0.15, 0.2) is 35.2 Å². The van der Waals surface area contributed by atoms with E-state index in [9.17, 15) is 18.0 Å². The molecule has 2 heterocycles. The number of sulfonamides is 1. The van der Waals surface area contributed by atoms with Crippen molar-refractivity contribution in [3.63, 3.8) is 0 Å². The minimum Gasteiger partial charge on any atom is -0.345 e. The van der Waals surface area contributed by atoms with Gasteiger partial charge in [0.25, 0.3) is 10.0 Å². The van der Waals surface area contributed by atoms with Crippen molar-refractivity contribution in [2.24, 2.45) is 0 Å². The standard InChI is InChI=1S/C23H30N4O4S/c1-16-4-8-20(9-5-16)32(30,31)24-23(29)26-12-10-25(11-13-26)15-22(28)21-14-17(2)27(18(21)3)19-6-7-19/h4-5,8-9,14,19H,6-7,10-13,15H2,1-3H3,(H,24,29). The van der Waals surface area contributed by atoms with Gasteiger partial charge in [-0.2, -0.15) is 0 Å². The Kier molecular flexibility index (Phi) is 6.13. The average Bonchev–Trinajstić information content (AvgIpc) is 3.52. The molecule has 9 heteroatoms. The number of hydrogen-bond donors (Lipinski definition) is 1. The van der Waals surface area contributed by atoms with Crippen molar-refractivity contribution in [1.29, 1.82) is 0 Å². The molecule has 8 nitrogen and oxygen atoms in total. The summed E-state index contributed by atoms with van der Waals surface area (Å²) >= 11 is 0. The lowest BCUT2D eigenvalue weighted by Gasteiger charge is -2.34. The van der Waals surface area contributed by atoms with E-state index in [1.807, 2.05) is 31.7 Å². The second kappa shape index (κ2) is 8.71. The third-order valence-corrected chi connectivity index (χ3v) is 7.61. The Bertz CT molecular complexity index is 1130. The quantitative estimate of drug-likeness (QED) is 0.672. The molecule has 0 bridgehead atoms. The maximum Gasteiger partial charge on any atom is 0.331 e. The molecular formula is C23H30N4O4S. The summed E-state index contributed by atoms with van der Waals surface area (Å²) in [4.78, 5) is 29.0. The lowest BCUT2D eigenvalue weighted by molar-refractivity contribution is 0.0880. The lowest BCUT2D eigenvalue weighted by atomic mass is 10.1. The molecule has 1 aromatic heterocycles. The monoisotopic (exact) mass is 458 g/mol. The number of nitrogens with zero attached hydrogens (tertiary/aromatic N) is 3. The largest absolute Gasteiger partial charge is 0.345 e. The Morgan fingerprint density at radius 3 is 2.22 bits per heavy atom. The number of carbonyl (C=O) groups is 2. The average molecular weight is 459 g/mol. The Morgan fingerprint density at radius 1 is 1.00 bits per heavy atom. The number of urea groups is 1. The lowest BCUT2D eigenvalue weighted by Crippen LogP contribution is -2.53. The van der Waals surface area contributed by atoms with Crippen LogP contribution in [-0.2, 0) is 10.0 Å². The van der Waals surface area contributed by atoms with Gasteiger partial charge in [-0.25, -0.2) is 17.9 Å². The van der Waals surface area contributed by atoms with Crippen molar-refractivity contribution < 1.29 is 18.0 Å². The summed E-state index contributed by atoms with van der Waals surface area (Å²) in [6, 6.07) is 8.23. The number of amides is 2. The Morgan fingerprint density at radius 2 is 1.62 bits per heavy atom. The zero-order chi connectivity index (χ0) is 23.0. The van der Waals surface area contributed by atoms with Crippen molar-refractivity contribution in [3.05, 3.63) is 52.8 Å². The molecule has 1 N–H and O–H groups in total. The smallest absolute Gasteiger partial charge is 0.331 e. The number of aryl methyl sites for hydroxylation is 2. The minimum atomic E-state index is -3.91. The number of aromatic nitrogens is 1. The normalized spacial score (nSPS) is 17.4. The van der Waals surface area contributed by atoms with Crippen LogP contribution in [0, 0.1) is 20.8 Å². The minimum absolute atomic E-state index is 0.0597. The summed E-state index contributed by atoms with van der Waals surface area (Å²) in [5, 5.41) is 0. The number of Topliss-reactive ketones (excluding diaryl/α,β-unsaturated/α-hetero) is 1. The Balaban J connectivity index is 1.31. The highest BCUT2D eigenvalue weighted by Crippen LogP contribution is 2.38. The first-order valence-electron chi connectivity index (χ1n) is 11.0. The first kappa shape index (κ1) is 22.5. The van der Waals surface area contributed by atoms with Gasteiger partial charge in [0.1, 0.15) is 0 Å². The van der Waals surface area contributed by atoms with Gasteiger partial charge in [0.15, 0.2) is 5.78 Å². The van der Waals surface area contributed by atoms with Crippen LogP contribution in [0.3, 0.4) is 0 Å². The van der Waals surface area contributed by atoms with Crippen molar-refractivity contribution >= 4 is 21.8 Å². The molecule has 1 saturated carbocycles. The number of piperazine rings is 1. The highest BCUT2D eigenvalue weighted by Gasteiger charge is 2.30. The molecule has 32 heavy (non-hydrogen) atoms. The summed E-state index contributed by atoms with van der Waals surface area (Å²) < 4.78 is 29.3. The van der Waals surface area contributed by atoms with E-state index in [4.69, 9.17) is 0 Å². The van der Waals surface area contributed by atoms with Crippen LogP contribution in [0.5, 0.6) is 0 Å². The second-order valence-corrected chi connectivity index (χ2v) is 10.5. The van der Waals surface area contributed by atoms with Gasteiger partial charge in [-0.1, -0.05) is 17.7 Å². The zero-order valence-corrected chi connectivity index (χ0v) is 19.6. The van der Waals surface area contributed by atoms with Crippen molar-refractivity contribution in [3.8, 4) is 0 Å². The van der Waals surface area contributed by atoms with Gasteiger partial charge >= 0.3 is 6.03 Å². The number of ketones is 1. The first-order valence-corrected chi connectivity index (χ1v) is 12.5. The molecule has 0 radical (unpaired) electrons. The first-order chi connectivity index (χ1) is 15.2. The molecule has 2 aromatic rings. The van der Waals surface area contributed by atoms with Crippen LogP contribution in [0.4, 0.5) is 4.79 Å². The van der Waals surface area contributed by atoms with Crippen molar-refractivity contribution in [2.75, 3.05) is 32.7 Å². The van der Waals surface area contributed by atoms with Crippen LogP contribution in [-0.4, -0.2) is 67.3 Å². The predicted octanol–water partition coefficient (Wildman–Crippen LogP) is 2.65. The summed E-state index contributed by atoms with van der Waals surface area (Å²) in [6.07, 6.45) is 2.35. The molecule has 4 rings (SSSR count). The van der Waals surface area contributed by atoms with Crippen molar-refractivity contribution in [1.82, 2.24) is 19.1 Å². The van der Waals surface area contributed by atoms with Crippen LogP contribution in [0.25, 0.3) is 0 Å². The third-order valence-electron chi connectivity index (χ3n) is 6.28. The summed E-state index contributed by atoms with van der Waals surface area (Å²) in [5.41, 5.74) is 3.88. The number of rotatable bonds is 6. The van der Waals surface area contributed by atoms with E-state index < -0.39 is 16.1 Å². The molecule has 2 aliphatic rings. The molecule has 1 aliphatic heterocycles. The fourth-order valence-corrected chi connectivity index (χ4v) is 5.28. The maximum atomic E-state index is 12.9. The summed E-state index contributed by atoms with van der Waals surface area (Å²) in [7, 11) is -3.91. The topological polar surface area (TPSA) is 91.7 Å². The molecule has 0 unspecified atom stereocenters. The zero-order valence-electron chi connectivity index (χ0n) is 18.8. The molecule has 2 amide bonds. The van der Waals surface area contributed by atoms with E-state index in [0.29, 0.717) is 38.8 Å². The van der Waals surface area contributed by atoms with Crippen molar-refractivity contribution in [2.45, 2.75) is 44.6 Å². The number of nitrogens with one attached hydrogen (secondary N) is 1. The molecule has 172 valence electrons. The van der Waals surface area contributed by atoms with Crippen LogP contribution < -0.4 is 4.72 Å². The number of hydrogen-bond acceptors (Lipinski definition) is 5. The van der Waals surface area contributed by atoms with Crippen LogP contribution in [0.2, 0.25) is 0 Å². The SMILES string of the molecule is Cc1ccc(S(=O)(=O)NC(=O)N2CCN(CC(=O)c3cc(C)n(C4CC4)c3C)CC2)cc1. The molecule has 1 aromatic carbocycles. The van der Waals surface area contributed by atoms with Gasteiger partial charge in [0.05, 0.1) is 11.4 Å². The Labute approximate surface area is 189 Å². The molecule has 1 aliphatic carbocycles. The van der Waals surface area contributed by atoms with Crippen LogP contribution >= 0.6 is 0 Å². The fraction of sp³-hybridized carbons (Fsp3) is 0.478.